The first-order chi connectivity index (χ1) is 7.35. The Labute approximate surface area is 110 Å². The number of anilines is 1. The van der Waals surface area contributed by atoms with Gasteiger partial charge in [0.05, 0.1) is 6.07 Å². The van der Waals surface area contributed by atoms with Crippen molar-refractivity contribution in [2.45, 2.75) is 13.8 Å². The largest absolute Gasteiger partial charge is 0.325 e. The van der Waals surface area contributed by atoms with Crippen LogP contribution in [0.3, 0.4) is 0 Å². The summed E-state index contributed by atoms with van der Waals surface area (Å²) in [5, 5.41) is 11.5. The van der Waals surface area contributed by atoms with Crippen molar-refractivity contribution in [1.82, 2.24) is 4.98 Å². The van der Waals surface area contributed by atoms with Crippen LogP contribution >= 0.6 is 31.9 Å². The number of hydrogen-bond donors (Lipinski definition) is 1. The van der Waals surface area contributed by atoms with Gasteiger partial charge >= 0.3 is 0 Å². The fourth-order valence-electron chi connectivity index (χ4n) is 0.875. The Balaban J connectivity index is 2.90. The van der Waals surface area contributed by atoms with E-state index >= 15 is 0 Å². The Hall–Kier alpha value is -0.930. The Kier molecular flexibility index (Phi) is 4.05. The van der Waals surface area contributed by atoms with Crippen molar-refractivity contribution in [2.24, 2.45) is 5.41 Å². The summed E-state index contributed by atoms with van der Waals surface area (Å²) in [4.78, 5) is 15.7. The second-order valence-corrected chi connectivity index (χ2v) is 5.32. The minimum absolute atomic E-state index is 0.347. The summed E-state index contributed by atoms with van der Waals surface area (Å²) in [6.45, 7) is 3.13. The highest BCUT2D eigenvalue weighted by atomic mass is 79.9. The van der Waals surface area contributed by atoms with Crippen molar-refractivity contribution < 1.29 is 4.79 Å². The monoisotopic (exact) mass is 345 g/mol. The molecule has 1 heterocycles. The van der Waals surface area contributed by atoms with Crippen molar-refractivity contribution >= 4 is 43.5 Å². The number of aromatic nitrogens is 1. The molecule has 6 heteroatoms. The van der Waals surface area contributed by atoms with Crippen LogP contribution in [0.2, 0.25) is 0 Å². The van der Waals surface area contributed by atoms with Gasteiger partial charge in [0, 0.05) is 5.69 Å². The fourth-order valence-corrected chi connectivity index (χ4v) is 1.99. The first-order valence-corrected chi connectivity index (χ1v) is 5.99. The molecule has 0 radical (unpaired) electrons. The van der Waals surface area contributed by atoms with Gasteiger partial charge in [-0.15, -0.1) is 0 Å². The van der Waals surface area contributed by atoms with E-state index in [1.807, 2.05) is 6.07 Å². The van der Waals surface area contributed by atoms with Gasteiger partial charge < -0.3 is 5.32 Å². The number of carbonyl (C=O) groups excluding carboxylic acids is 1. The summed E-state index contributed by atoms with van der Waals surface area (Å²) in [7, 11) is 0. The molecule has 0 spiro atoms. The SMILES string of the molecule is CC(C)(C#N)C(=O)Nc1cc(Br)nc(Br)c1. The number of nitrogens with zero attached hydrogens (tertiary/aromatic N) is 2. The van der Waals surface area contributed by atoms with Gasteiger partial charge in [0.15, 0.2) is 0 Å². The minimum atomic E-state index is -1.05. The van der Waals surface area contributed by atoms with Crippen LogP contribution in [0, 0.1) is 16.7 Å². The van der Waals surface area contributed by atoms with Crippen molar-refractivity contribution in [1.29, 1.82) is 5.26 Å². The summed E-state index contributed by atoms with van der Waals surface area (Å²) in [5.74, 6) is -0.347. The third-order valence-electron chi connectivity index (χ3n) is 1.87. The molecular weight excluding hydrogens is 338 g/mol. The molecule has 0 fully saturated rings. The molecule has 0 atom stereocenters. The highest BCUT2D eigenvalue weighted by Gasteiger charge is 2.27. The number of hydrogen-bond acceptors (Lipinski definition) is 3. The van der Waals surface area contributed by atoms with Crippen LogP contribution in [0.5, 0.6) is 0 Å². The molecular formula is C10H9Br2N3O. The lowest BCUT2D eigenvalue weighted by molar-refractivity contribution is -0.121. The predicted octanol–water partition coefficient (Wildman–Crippen LogP) is 3.09. The van der Waals surface area contributed by atoms with Crippen LogP contribution in [0.1, 0.15) is 13.8 Å². The van der Waals surface area contributed by atoms with E-state index in [1.165, 1.54) is 0 Å². The number of nitrogens with one attached hydrogen (secondary N) is 1. The molecule has 0 aliphatic carbocycles. The zero-order valence-electron chi connectivity index (χ0n) is 8.71. The van der Waals surface area contributed by atoms with Crippen LogP contribution in [0.25, 0.3) is 0 Å². The summed E-state index contributed by atoms with van der Waals surface area (Å²) in [6.07, 6.45) is 0. The Morgan fingerprint density at radius 2 is 1.94 bits per heavy atom. The second-order valence-electron chi connectivity index (χ2n) is 3.69. The summed E-state index contributed by atoms with van der Waals surface area (Å²) in [5.41, 5.74) is -0.468. The fraction of sp³-hybridized carbons (Fsp3) is 0.300. The Bertz CT molecular complexity index is 445. The van der Waals surface area contributed by atoms with Gasteiger partial charge in [0.1, 0.15) is 14.6 Å². The van der Waals surface area contributed by atoms with Gasteiger partial charge in [0.25, 0.3) is 0 Å². The maximum Gasteiger partial charge on any atom is 0.244 e. The lowest BCUT2D eigenvalue weighted by Crippen LogP contribution is -2.29. The summed E-state index contributed by atoms with van der Waals surface area (Å²) >= 11 is 6.43. The first kappa shape index (κ1) is 13.1. The van der Waals surface area contributed by atoms with Crippen LogP contribution < -0.4 is 5.32 Å². The normalized spacial score (nSPS) is 10.7. The molecule has 1 rings (SSSR count). The van der Waals surface area contributed by atoms with E-state index < -0.39 is 5.41 Å². The van der Waals surface area contributed by atoms with Crippen LogP contribution in [0.4, 0.5) is 5.69 Å². The number of nitriles is 1. The molecule has 0 aromatic carbocycles. The average molecular weight is 347 g/mol. The maximum absolute atomic E-state index is 11.7. The molecule has 1 N–H and O–H groups in total. The van der Waals surface area contributed by atoms with E-state index in [9.17, 15) is 4.79 Å². The molecule has 0 aliphatic rings. The number of pyridine rings is 1. The van der Waals surface area contributed by atoms with E-state index in [2.05, 4.69) is 42.2 Å². The average Bonchev–Trinajstić information content (AvgIpc) is 2.15. The third-order valence-corrected chi connectivity index (χ3v) is 2.68. The zero-order chi connectivity index (χ0) is 12.3. The predicted molar refractivity (Wildman–Crippen MR) is 67.7 cm³/mol. The first-order valence-electron chi connectivity index (χ1n) is 4.41. The van der Waals surface area contributed by atoms with Gasteiger partial charge in [-0.1, -0.05) is 0 Å². The minimum Gasteiger partial charge on any atom is -0.325 e. The molecule has 0 saturated heterocycles. The quantitative estimate of drug-likeness (QED) is 0.837. The van der Waals surface area contributed by atoms with Gasteiger partial charge in [-0.2, -0.15) is 5.26 Å². The second kappa shape index (κ2) is 4.93. The molecule has 16 heavy (non-hydrogen) atoms. The van der Waals surface area contributed by atoms with Gasteiger partial charge in [-0.25, -0.2) is 4.98 Å². The Morgan fingerprint density at radius 3 is 2.38 bits per heavy atom. The van der Waals surface area contributed by atoms with Crippen molar-refractivity contribution in [3.63, 3.8) is 0 Å². The number of rotatable bonds is 2. The molecule has 4 nitrogen and oxygen atoms in total. The summed E-state index contributed by atoms with van der Waals surface area (Å²) < 4.78 is 1.21. The standard InChI is InChI=1S/C10H9Br2N3O/c1-10(2,5-13)9(16)14-6-3-7(11)15-8(12)4-6/h3-4H,1-2H3,(H,14,15,16). The molecule has 0 unspecified atom stereocenters. The molecule has 84 valence electrons. The zero-order valence-corrected chi connectivity index (χ0v) is 11.9. The van der Waals surface area contributed by atoms with E-state index in [0.29, 0.717) is 14.9 Å². The van der Waals surface area contributed by atoms with E-state index in [-0.39, 0.29) is 5.91 Å². The van der Waals surface area contributed by atoms with Gasteiger partial charge in [-0.05, 0) is 57.8 Å². The summed E-state index contributed by atoms with van der Waals surface area (Å²) in [6, 6.07) is 5.27. The van der Waals surface area contributed by atoms with Crippen molar-refractivity contribution in [3.05, 3.63) is 21.3 Å². The van der Waals surface area contributed by atoms with Crippen LogP contribution in [-0.4, -0.2) is 10.9 Å². The number of amides is 1. The van der Waals surface area contributed by atoms with Crippen LogP contribution in [-0.2, 0) is 4.79 Å². The molecule has 1 amide bonds. The van der Waals surface area contributed by atoms with Gasteiger partial charge in [-0.3, -0.25) is 4.79 Å². The topological polar surface area (TPSA) is 65.8 Å². The van der Waals surface area contributed by atoms with E-state index in [0.717, 1.165) is 0 Å². The molecule has 0 saturated carbocycles. The molecule has 1 aromatic heterocycles. The number of carbonyl (C=O) groups is 1. The number of halogens is 2. The van der Waals surface area contributed by atoms with Crippen LogP contribution in [0.15, 0.2) is 21.3 Å². The van der Waals surface area contributed by atoms with Crippen molar-refractivity contribution in [3.8, 4) is 6.07 Å². The van der Waals surface area contributed by atoms with E-state index in [4.69, 9.17) is 5.26 Å². The Morgan fingerprint density at radius 1 is 1.44 bits per heavy atom. The lowest BCUT2D eigenvalue weighted by Gasteiger charge is -2.15. The van der Waals surface area contributed by atoms with Crippen molar-refractivity contribution in [2.75, 3.05) is 5.32 Å². The molecule has 0 bridgehead atoms. The third kappa shape index (κ3) is 3.29. The smallest absolute Gasteiger partial charge is 0.244 e. The lowest BCUT2D eigenvalue weighted by atomic mass is 9.95. The van der Waals surface area contributed by atoms with E-state index in [1.54, 1.807) is 26.0 Å². The highest BCUT2D eigenvalue weighted by Crippen LogP contribution is 2.22. The molecule has 1 aromatic rings. The maximum atomic E-state index is 11.7. The van der Waals surface area contributed by atoms with Gasteiger partial charge in [0.2, 0.25) is 5.91 Å². The highest BCUT2D eigenvalue weighted by molar-refractivity contribution is 9.11. The molecule has 0 aliphatic heterocycles.